The van der Waals surface area contributed by atoms with E-state index in [4.69, 9.17) is 11.6 Å². The molecule has 1 aromatic rings. The van der Waals surface area contributed by atoms with Gasteiger partial charge in [-0.1, -0.05) is 25.4 Å². The van der Waals surface area contributed by atoms with Gasteiger partial charge in [-0.2, -0.15) is 5.10 Å². The van der Waals surface area contributed by atoms with E-state index in [2.05, 4.69) is 38.1 Å². The summed E-state index contributed by atoms with van der Waals surface area (Å²) in [6.07, 6.45) is 2.46. The second kappa shape index (κ2) is 7.15. The Bertz CT molecular complexity index is 371. The SMILES string of the molecule is CCn1nc(C)c(Cl)c1CNC(C)CCC(C)C. The number of hydrogen-bond donors (Lipinski definition) is 1. The molecule has 104 valence electrons. The Morgan fingerprint density at radius 1 is 1.28 bits per heavy atom. The summed E-state index contributed by atoms with van der Waals surface area (Å²) in [6, 6.07) is 0.518. The molecule has 4 heteroatoms. The third kappa shape index (κ3) is 4.29. The van der Waals surface area contributed by atoms with Gasteiger partial charge in [0.15, 0.2) is 0 Å². The molecule has 0 aliphatic heterocycles. The molecule has 0 bridgehead atoms. The van der Waals surface area contributed by atoms with Gasteiger partial charge in [0.2, 0.25) is 0 Å². The molecular weight excluding hydrogens is 246 g/mol. The minimum Gasteiger partial charge on any atom is -0.309 e. The second-order valence-electron chi connectivity index (χ2n) is 5.41. The van der Waals surface area contributed by atoms with Crippen molar-refractivity contribution in [3.05, 3.63) is 16.4 Å². The number of nitrogens with one attached hydrogen (secondary N) is 1. The first kappa shape index (κ1) is 15.5. The largest absolute Gasteiger partial charge is 0.309 e. The second-order valence-corrected chi connectivity index (χ2v) is 5.79. The zero-order chi connectivity index (χ0) is 13.7. The fraction of sp³-hybridized carbons (Fsp3) is 0.786. The van der Waals surface area contributed by atoms with Crippen LogP contribution in [-0.2, 0) is 13.1 Å². The Hall–Kier alpha value is -0.540. The van der Waals surface area contributed by atoms with Crippen LogP contribution >= 0.6 is 11.6 Å². The van der Waals surface area contributed by atoms with Crippen molar-refractivity contribution in [1.29, 1.82) is 0 Å². The fourth-order valence-electron chi connectivity index (χ4n) is 1.99. The van der Waals surface area contributed by atoms with Gasteiger partial charge in [-0.25, -0.2) is 0 Å². The zero-order valence-electron chi connectivity index (χ0n) is 12.3. The van der Waals surface area contributed by atoms with E-state index < -0.39 is 0 Å². The van der Waals surface area contributed by atoms with Crippen molar-refractivity contribution in [2.24, 2.45) is 5.92 Å². The maximum atomic E-state index is 6.28. The van der Waals surface area contributed by atoms with E-state index in [1.807, 2.05) is 11.6 Å². The Morgan fingerprint density at radius 2 is 1.94 bits per heavy atom. The van der Waals surface area contributed by atoms with Crippen LogP contribution in [0.5, 0.6) is 0 Å². The molecule has 18 heavy (non-hydrogen) atoms. The Morgan fingerprint density at radius 3 is 2.50 bits per heavy atom. The highest BCUT2D eigenvalue weighted by atomic mass is 35.5. The molecule has 0 spiro atoms. The predicted molar refractivity (Wildman–Crippen MR) is 78.0 cm³/mol. The number of aryl methyl sites for hydroxylation is 2. The predicted octanol–water partition coefficient (Wildman–Crippen LogP) is 3.78. The summed E-state index contributed by atoms with van der Waals surface area (Å²) in [5.41, 5.74) is 2.03. The maximum absolute atomic E-state index is 6.28. The summed E-state index contributed by atoms with van der Waals surface area (Å²) in [7, 11) is 0. The van der Waals surface area contributed by atoms with Crippen LogP contribution in [0.2, 0.25) is 5.02 Å². The van der Waals surface area contributed by atoms with E-state index in [9.17, 15) is 0 Å². The van der Waals surface area contributed by atoms with E-state index in [0.717, 1.165) is 35.4 Å². The third-order valence-corrected chi connectivity index (χ3v) is 3.74. The number of halogens is 1. The van der Waals surface area contributed by atoms with Gasteiger partial charge in [0, 0.05) is 19.1 Å². The van der Waals surface area contributed by atoms with Crippen LogP contribution in [0.4, 0.5) is 0 Å². The van der Waals surface area contributed by atoms with E-state index in [0.29, 0.717) is 6.04 Å². The highest BCUT2D eigenvalue weighted by Crippen LogP contribution is 2.20. The van der Waals surface area contributed by atoms with Crippen LogP contribution in [0.15, 0.2) is 0 Å². The molecule has 0 radical (unpaired) electrons. The van der Waals surface area contributed by atoms with Crippen LogP contribution in [0, 0.1) is 12.8 Å². The van der Waals surface area contributed by atoms with Gasteiger partial charge in [0.1, 0.15) is 0 Å². The number of nitrogens with zero attached hydrogens (tertiary/aromatic N) is 2. The van der Waals surface area contributed by atoms with E-state index in [1.165, 1.54) is 12.8 Å². The first-order valence-corrected chi connectivity index (χ1v) is 7.28. The lowest BCUT2D eigenvalue weighted by atomic mass is 10.0. The van der Waals surface area contributed by atoms with Crippen LogP contribution in [0.1, 0.15) is 51.9 Å². The molecule has 0 aliphatic carbocycles. The molecule has 0 aromatic carbocycles. The van der Waals surface area contributed by atoms with Gasteiger partial charge in [-0.15, -0.1) is 0 Å². The number of aromatic nitrogens is 2. The maximum Gasteiger partial charge on any atom is 0.0860 e. The quantitative estimate of drug-likeness (QED) is 0.818. The van der Waals surface area contributed by atoms with Crippen LogP contribution in [-0.4, -0.2) is 15.8 Å². The van der Waals surface area contributed by atoms with Gasteiger partial charge in [-0.3, -0.25) is 4.68 Å². The Kier molecular flexibility index (Phi) is 6.16. The summed E-state index contributed by atoms with van der Waals surface area (Å²) >= 11 is 6.28. The summed E-state index contributed by atoms with van der Waals surface area (Å²) in [6.45, 7) is 12.5. The molecule has 1 atom stereocenters. The molecule has 0 saturated carbocycles. The van der Waals surface area contributed by atoms with E-state index in [1.54, 1.807) is 0 Å². The van der Waals surface area contributed by atoms with Crippen molar-refractivity contribution < 1.29 is 0 Å². The summed E-state index contributed by atoms with van der Waals surface area (Å²) in [4.78, 5) is 0. The van der Waals surface area contributed by atoms with Crippen LogP contribution in [0.3, 0.4) is 0 Å². The first-order valence-electron chi connectivity index (χ1n) is 6.90. The molecule has 0 fully saturated rings. The smallest absolute Gasteiger partial charge is 0.0860 e. The van der Waals surface area contributed by atoms with Gasteiger partial charge in [0.05, 0.1) is 16.4 Å². The summed E-state index contributed by atoms with van der Waals surface area (Å²) < 4.78 is 1.99. The molecule has 0 saturated heterocycles. The molecule has 3 nitrogen and oxygen atoms in total. The normalized spacial score (nSPS) is 13.3. The van der Waals surface area contributed by atoms with E-state index >= 15 is 0 Å². The van der Waals surface area contributed by atoms with Crippen molar-refractivity contribution in [2.75, 3.05) is 0 Å². The lowest BCUT2D eigenvalue weighted by molar-refractivity contribution is 0.442. The van der Waals surface area contributed by atoms with Crippen molar-refractivity contribution in [3.63, 3.8) is 0 Å². The highest BCUT2D eigenvalue weighted by molar-refractivity contribution is 6.31. The van der Waals surface area contributed by atoms with Gasteiger partial charge < -0.3 is 5.32 Å². The molecule has 1 heterocycles. The Labute approximate surface area is 116 Å². The third-order valence-electron chi connectivity index (χ3n) is 3.25. The minimum absolute atomic E-state index is 0.518. The summed E-state index contributed by atoms with van der Waals surface area (Å²) in [5, 5.41) is 8.77. The first-order chi connectivity index (χ1) is 8.45. The number of hydrogen-bond acceptors (Lipinski definition) is 2. The number of rotatable bonds is 7. The topological polar surface area (TPSA) is 29.9 Å². The van der Waals surface area contributed by atoms with Gasteiger partial charge in [-0.05, 0) is 39.5 Å². The monoisotopic (exact) mass is 271 g/mol. The average Bonchev–Trinajstić information content (AvgIpc) is 2.60. The molecular formula is C14H26ClN3. The standard InChI is InChI=1S/C14H26ClN3/c1-6-18-13(14(15)12(5)17-18)9-16-11(4)8-7-10(2)3/h10-11,16H,6-9H2,1-5H3. The van der Waals surface area contributed by atoms with Gasteiger partial charge in [0.25, 0.3) is 0 Å². The zero-order valence-corrected chi connectivity index (χ0v) is 13.0. The van der Waals surface area contributed by atoms with Crippen LogP contribution in [0.25, 0.3) is 0 Å². The molecule has 1 unspecified atom stereocenters. The fourth-order valence-corrected chi connectivity index (χ4v) is 2.20. The van der Waals surface area contributed by atoms with Crippen molar-refractivity contribution in [1.82, 2.24) is 15.1 Å². The van der Waals surface area contributed by atoms with E-state index in [-0.39, 0.29) is 0 Å². The van der Waals surface area contributed by atoms with Gasteiger partial charge >= 0.3 is 0 Å². The molecule has 1 N–H and O–H groups in total. The minimum atomic E-state index is 0.518. The molecule has 0 amide bonds. The van der Waals surface area contributed by atoms with Crippen LogP contribution < -0.4 is 5.32 Å². The molecule has 1 rings (SSSR count). The highest BCUT2D eigenvalue weighted by Gasteiger charge is 2.13. The Balaban J connectivity index is 2.52. The van der Waals surface area contributed by atoms with Crippen molar-refractivity contribution in [2.45, 2.75) is 66.6 Å². The van der Waals surface area contributed by atoms with Crippen molar-refractivity contribution >= 4 is 11.6 Å². The summed E-state index contributed by atoms with van der Waals surface area (Å²) in [5.74, 6) is 0.765. The average molecular weight is 272 g/mol. The lowest BCUT2D eigenvalue weighted by Crippen LogP contribution is -2.27. The molecule has 0 aliphatic rings. The lowest BCUT2D eigenvalue weighted by Gasteiger charge is -2.15. The van der Waals surface area contributed by atoms with Crippen molar-refractivity contribution in [3.8, 4) is 0 Å². The molecule has 1 aromatic heterocycles.